The van der Waals surface area contributed by atoms with Crippen molar-refractivity contribution < 1.29 is 19.1 Å². The van der Waals surface area contributed by atoms with Gasteiger partial charge in [0.2, 0.25) is 0 Å². The van der Waals surface area contributed by atoms with E-state index in [2.05, 4.69) is 10.6 Å². The molecule has 0 aliphatic rings. The minimum atomic E-state index is -0.669. The molecule has 1 unspecified atom stereocenters. The predicted molar refractivity (Wildman–Crippen MR) is 83.6 cm³/mol. The van der Waals surface area contributed by atoms with Crippen molar-refractivity contribution in [2.75, 3.05) is 27.3 Å². The van der Waals surface area contributed by atoms with E-state index in [9.17, 15) is 9.59 Å². The van der Waals surface area contributed by atoms with Crippen molar-refractivity contribution >= 4 is 11.8 Å². The normalized spacial score (nSPS) is 11.9. The number of methoxy groups -OCH3 is 2. The number of para-hydroxylation sites is 1. The van der Waals surface area contributed by atoms with Crippen LogP contribution in [0.1, 0.15) is 25.5 Å². The van der Waals surface area contributed by atoms with Gasteiger partial charge in [-0.05, 0) is 12.0 Å². The first-order valence-corrected chi connectivity index (χ1v) is 7.21. The first kappa shape index (κ1) is 18.0. The summed E-state index contributed by atoms with van der Waals surface area (Å²) in [5.74, 6) is -0.342. The van der Waals surface area contributed by atoms with Crippen LogP contribution < -0.4 is 15.4 Å². The van der Waals surface area contributed by atoms with Gasteiger partial charge in [0, 0.05) is 25.8 Å². The standard InChI is InChI=1S/C16H24N2O4/c1-11(2)9-17-15(19)16(20)18-10-14(22-4)12-7-5-6-8-13(12)21-3/h5-8,11,14H,9-10H2,1-4H3,(H,17,19)(H,18,20). The van der Waals surface area contributed by atoms with Crippen molar-refractivity contribution in [2.24, 2.45) is 5.92 Å². The molecule has 2 amide bonds. The zero-order chi connectivity index (χ0) is 16.5. The molecule has 0 heterocycles. The minimum Gasteiger partial charge on any atom is -0.496 e. The second kappa shape index (κ2) is 9.04. The number of hydrogen-bond acceptors (Lipinski definition) is 4. The number of nitrogens with one attached hydrogen (secondary N) is 2. The molecular weight excluding hydrogens is 284 g/mol. The molecule has 0 bridgehead atoms. The zero-order valence-corrected chi connectivity index (χ0v) is 13.5. The van der Waals surface area contributed by atoms with Crippen molar-refractivity contribution in [3.8, 4) is 5.75 Å². The lowest BCUT2D eigenvalue weighted by atomic mass is 10.1. The van der Waals surface area contributed by atoms with E-state index >= 15 is 0 Å². The van der Waals surface area contributed by atoms with Crippen molar-refractivity contribution in [3.63, 3.8) is 0 Å². The Morgan fingerprint density at radius 1 is 1.05 bits per heavy atom. The van der Waals surface area contributed by atoms with Gasteiger partial charge >= 0.3 is 11.8 Å². The van der Waals surface area contributed by atoms with E-state index in [1.165, 1.54) is 0 Å². The first-order valence-electron chi connectivity index (χ1n) is 7.21. The van der Waals surface area contributed by atoms with Crippen LogP contribution in [0.4, 0.5) is 0 Å². The Labute approximate surface area is 131 Å². The highest BCUT2D eigenvalue weighted by Crippen LogP contribution is 2.26. The molecule has 22 heavy (non-hydrogen) atoms. The summed E-state index contributed by atoms with van der Waals surface area (Å²) >= 11 is 0. The van der Waals surface area contributed by atoms with Crippen molar-refractivity contribution in [1.82, 2.24) is 10.6 Å². The molecule has 0 spiro atoms. The molecule has 0 aliphatic heterocycles. The molecule has 0 saturated heterocycles. The Kier molecular flexibility index (Phi) is 7.39. The molecule has 0 radical (unpaired) electrons. The molecule has 0 aliphatic carbocycles. The van der Waals surface area contributed by atoms with Gasteiger partial charge < -0.3 is 20.1 Å². The zero-order valence-electron chi connectivity index (χ0n) is 13.5. The summed E-state index contributed by atoms with van der Waals surface area (Å²) in [6.45, 7) is 4.57. The summed E-state index contributed by atoms with van der Waals surface area (Å²) in [5.41, 5.74) is 0.815. The molecule has 0 fully saturated rings. The molecule has 1 aromatic carbocycles. The van der Waals surface area contributed by atoms with E-state index in [0.29, 0.717) is 12.3 Å². The third kappa shape index (κ3) is 5.37. The number of hydrogen-bond donors (Lipinski definition) is 2. The van der Waals surface area contributed by atoms with Crippen LogP contribution in [0.2, 0.25) is 0 Å². The van der Waals surface area contributed by atoms with E-state index in [-0.39, 0.29) is 12.5 Å². The van der Waals surface area contributed by atoms with Crippen molar-refractivity contribution in [2.45, 2.75) is 20.0 Å². The molecule has 122 valence electrons. The molecule has 0 aromatic heterocycles. The van der Waals surface area contributed by atoms with Gasteiger partial charge in [-0.2, -0.15) is 0 Å². The maximum Gasteiger partial charge on any atom is 0.309 e. The van der Waals surface area contributed by atoms with Crippen LogP contribution in [0.25, 0.3) is 0 Å². The highest BCUT2D eigenvalue weighted by Gasteiger charge is 2.19. The Morgan fingerprint density at radius 3 is 2.18 bits per heavy atom. The Hall–Kier alpha value is -2.08. The third-order valence-electron chi connectivity index (χ3n) is 3.10. The van der Waals surface area contributed by atoms with Crippen molar-refractivity contribution in [1.29, 1.82) is 0 Å². The highest BCUT2D eigenvalue weighted by atomic mass is 16.5. The fourth-order valence-corrected chi connectivity index (χ4v) is 1.90. The van der Waals surface area contributed by atoms with Crippen LogP contribution in [-0.4, -0.2) is 39.1 Å². The lowest BCUT2D eigenvalue weighted by Crippen LogP contribution is -2.42. The fraction of sp³-hybridized carbons (Fsp3) is 0.500. The van der Waals surface area contributed by atoms with E-state index in [4.69, 9.17) is 9.47 Å². The van der Waals surface area contributed by atoms with Gasteiger partial charge in [-0.1, -0.05) is 32.0 Å². The smallest absolute Gasteiger partial charge is 0.309 e. The minimum absolute atomic E-state index is 0.185. The van der Waals surface area contributed by atoms with Crippen LogP contribution >= 0.6 is 0 Å². The number of benzene rings is 1. The summed E-state index contributed by atoms with van der Waals surface area (Å²) < 4.78 is 10.7. The third-order valence-corrected chi connectivity index (χ3v) is 3.10. The molecular formula is C16H24N2O4. The average Bonchev–Trinajstić information content (AvgIpc) is 2.53. The van der Waals surface area contributed by atoms with Crippen LogP contribution in [0, 0.1) is 5.92 Å². The predicted octanol–water partition coefficient (Wildman–Crippen LogP) is 1.27. The first-order chi connectivity index (χ1) is 10.5. The number of carbonyl (C=O) groups is 2. The maximum absolute atomic E-state index is 11.8. The largest absolute Gasteiger partial charge is 0.496 e. The van der Waals surface area contributed by atoms with Gasteiger partial charge in [-0.25, -0.2) is 0 Å². The Balaban J connectivity index is 2.60. The summed E-state index contributed by atoms with van der Waals surface area (Å²) in [6.07, 6.45) is -0.391. The number of amides is 2. The molecule has 6 heteroatoms. The SMILES string of the molecule is COc1ccccc1C(CNC(=O)C(=O)NCC(C)C)OC. The molecule has 1 rings (SSSR count). The Morgan fingerprint density at radius 2 is 1.64 bits per heavy atom. The summed E-state index contributed by atoms with van der Waals surface area (Å²) in [5, 5.41) is 5.14. The van der Waals surface area contributed by atoms with Gasteiger partial charge in [0.25, 0.3) is 0 Å². The van der Waals surface area contributed by atoms with Crippen LogP contribution in [0.3, 0.4) is 0 Å². The van der Waals surface area contributed by atoms with Gasteiger partial charge in [0.1, 0.15) is 11.9 Å². The van der Waals surface area contributed by atoms with E-state index < -0.39 is 17.9 Å². The van der Waals surface area contributed by atoms with Gasteiger partial charge in [0.15, 0.2) is 0 Å². The molecule has 0 saturated carbocycles. The number of ether oxygens (including phenoxy) is 2. The number of carbonyl (C=O) groups excluding carboxylic acids is 2. The quantitative estimate of drug-likeness (QED) is 0.744. The van der Waals surface area contributed by atoms with E-state index in [1.54, 1.807) is 14.2 Å². The van der Waals surface area contributed by atoms with Gasteiger partial charge in [0.05, 0.1) is 7.11 Å². The summed E-state index contributed by atoms with van der Waals surface area (Å²) in [7, 11) is 3.12. The van der Waals surface area contributed by atoms with Crippen molar-refractivity contribution in [3.05, 3.63) is 29.8 Å². The topological polar surface area (TPSA) is 76.7 Å². The molecule has 1 atom stereocenters. The Bertz CT molecular complexity index is 503. The highest BCUT2D eigenvalue weighted by molar-refractivity contribution is 6.35. The van der Waals surface area contributed by atoms with Crippen LogP contribution in [0.15, 0.2) is 24.3 Å². The lowest BCUT2D eigenvalue weighted by molar-refractivity contribution is -0.139. The van der Waals surface area contributed by atoms with Crippen LogP contribution in [-0.2, 0) is 14.3 Å². The maximum atomic E-state index is 11.8. The summed E-state index contributed by atoms with van der Waals surface area (Å²) in [4.78, 5) is 23.4. The summed E-state index contributed by atoms with van der Waals surface area (Å²) in [6, 6.07) is 7.39. The second-order valence-electron chi connectivity index (χ2n) is 5.28. The molecule has 2 N–H and O–H groups in total. The van der Waals surface area contributed by atoms with E-state index in [0.717, 1.165) is 5.56 Å². The lowest BCUT2D eigenvalue weighted by Gasteiger charge is -2.19. The van der Waals surface area contributed by atoms with Crippen LogP contribution in [0.5, 0.6) is 5.75 Å². The number of rotatable bonds is 7. The fourth-order valence-electron chi connectivity index (χ4n) is 1.90. The second-order valence-corrected chi connectivity index (χ2v) is 5.28. The molecule has 1 aromatic rings. The van der Waals surface area contributed by atoms with E-state index in [1.807, 2.05) is 38.1 Å². The average molecular weight is 308 g/mol. The van der Waals surface area contributed by atoms with Gasteiger partial charge in [-0.3, -0.25) is 9.59 Å². The monoisotopic (exact) mass is 308 g/mol. The molecule has 6 nitrogen and oxygen atoms in total. The van der Waals surface area contributed by atoms with Gasteiger partial charge in [-0.15, -0.1) is 0 Å².